The van der Waals surface area contributed by atoms with Crippen LogP contribution in [0.3, 0.4) is 0 Å². The van der Waals surface area contributed by atoms with E-state index >= 15 is 0 Å². The number of aromatic hydroxyl groups is 1. The lowest BCUT2D eigenvalue weighted by Crippen LogP contribution is -2.09. The number of fused-ring (bicyclic) bond motifs is 3. The molecule has 0 fully saturated rings. The summed E-state index contributed by atoms with van der Waals surface area (Å²) >= 11 is 0. The van der Waals surface area contributed by atoms with Gasteiger partial charge < -0.3 is 9.84 Å². The highest BCUT2D eigenvalue weighted by atomic mass is 16.5. The minimum Gasteiger partial charge on any atom is -0.494 e. The van der Waals surface area contributed by atoms with Gasteiger partial charge in [0, 0.05) is 5.56 Å². The van der Waals surface area contributed by atoms with Crippen LogP contribution in [0.5, 0.6) is 5.88 Å². The molecule has 0 saturated heterocycles. The number of imidazole rings is 1. The van der Waals surface area contributed by atoms with Crippen LogP contribution in [0.1, 0.15) is 21.5 Å². The molecule has 3 aromatic carbocycles. The number of esters is 1. The van der Waals surface area contributed by atoms with Crippen molar-refractivity contribution in [3.63, 3.8) is 0 Å². The summed E-state index contributed by atoms with van der Waals surface area (Å²) < 4.78 is 7.13. The Morgan fingerprint density at radius 3 is 2.34 bits per heavy atom. The molecule has 32 heavy (non-hydrogen) atoms. The van der Waals surface area contributed by atoms with Crippen LogP contribution in [-0.2, 0) is 11.3 Å². The van der Waals surface area contributed by atoms with E-state index in [2.05, 4.69) is 11.1 Å². The van der Waals surface area contributed by atoms with Crippen molar-refractivity contribution in [2.24, 2.45) is 0 Å². The molecule has 2 aromatic heterocycles. The molecule has 1 N–H and O–H groups in total. The minimum atomic E-state index is -0.513. The largest absolute Gasteiger partial charge is 0.494 e. The van der Waals surface area contributed by atoms with Gasteiger partial charge in [-0.3, -0.25) is 4.40 Å². The molecule has 0 bridgehead atoms. The Hall–Kier alpha value is -4.63. The van der Waals surface area contributed by atoms with Crippen LogP contribution in [-0.4, -0.2) is 20.5 Å². The van der Waals surface area contributed by atoms with Crippen LogP contribution in [0.25, 0.3) is 27.8 Å². The summed E-state index contributed by atoms with van der Waals surface area (Å²) in [6.07, 6.45) is 0. The minimum absolute atomic E-state index is 0.0651. The topological polar surface area (TPSA) is 87.6 Å². The number of hydrogen-bond acceptors (Lipinski definition) is 5. The third-order valence-electron chi connectivity index (χ3n) is 5.35. The zero-order valence-electron chi connectivity index (χ0n) is 16.9. The molecule has 0 aliphatic heterocycles. The van der Waals surface area contributed by atoms with Crippen molar-refractivity contribution in [3.05, 3.63) is 102 Å². The van der Waals surface area contributed by atoms with Gasteiger partial charge in [-0.05, 0) is 29.8 Å². The zero-order chi connectivity index (χ0) is 22.1. The third kappa shape index (κ3) is 3.13. The summed E-state index contributed by atoms with van der Waals surface area (Å²) in [6, 6.07) is 27.4. The van der Waals surface area contributed by atoms with Gasteiger partial charge in [0.15, 0.2) is 5.65 Å². The van der Waals surface area contributed by atoms with Gasteiger partial charge in [-0.25, -0.2) is 9.78 Å². The highest BCUT2D eigenvalue weighted by Gasteiger charge is 2.24. The van der Waals surface area contributed by atoms with Crippen molar-refractivity contribution in [1.29, 1.82) is 5.26 Å². The van der Waals surface area contributed by atoms with E-state index in [0.717, 1.165) is 0 Å². The normalized spacial score (nSPS) is 10.8. The molecule has 0 atom stereocenters. The van der Waals surface area contributed by atoms with Gasteiger partial charge in [0.25, 0.3) is 0 Å². The summed E-state index contributed by atoms with van der Waals surface area (Å²) in [5.41, 5.74) is 3.84. The predicted octanol–water partition coefficient (Wildman–Crippen LogP) is 5.09. The molecule has 0 unspecified atom stereocenters. The SMILES string of the molecule is N#Cc1c(COC(=O)c2ccccc2)c(-c2ccccc2)c(O)n2c1nc1ccccc12. The van der Waals surface area contributed by atoms with Crippen LogP contribution in [0.4, 0.5) is 0 Å². The maximum absolute atomic E-state index is 12.6. The Morgan fingerprint density at radius 1 is 0.969 bits per heavy atom. The molecule has 6 heteroatoms. The second-order valence-corrected chi connectivity index (χ2v) is 7.23. The molecule has 0 spiro atoms. The van der Waals surface area contributed by atoms with E-state index in [1.165, 1.54) is 0 Å². The number of hydrogen-bond donors (Lipinski definition) is 1. The van der Waals surface area contributed by atoms with Crippen molar-refractivity contribution >= 4 is 22.6 Å². The van der Waals surface area contributed by atoms with E-state index in [1.54, 1.807) is 28.7 Å². The second-order valence-electron chi connectivity index (χ2n) is 7.23. The zero-order valence-corrected chi connectivity index (χ0v) is 16.9. The van der Waals surface area contributed by atoms with Crippen LogP contribution >= 0.6 is 0 Å². The van der Waals surface area contributed by atoms with E-state index in [9.17, 15) is 15.2 Å². The summed E-state index contributed by atoms with van der Waals surface area (Å²) in [5.74, 6) is -0.578. The number of benzene rings is 3. The Balaban J connectivity index is 1.74. The van der Waals surface area contributed by atoms with Crippen molar-refractivity contribution in [3.8, 4) is 23.1 Å². The van der Waals surface area contributed by atoms with Gasteiger partial charge in [-0.2, -0.15) is 5.26 Å². The average Bonchev–Trinajstić information content (AvgIpc) is 3.23. The molecule has 6 nitrogen and oxygen atoms in total. The number of ether oxygens (including phenoxy) is 1. The molecule has 0 amide bonds. The van der Waals surface area contributed by atoms with E-state index in [1.807, 2.05) is 60.7 Å². The van der Waals surface area contributed by atoms with Crippen LogP contribution < -0.4 is 0 Å². The van der Waals surface area contributed by atoms with Crippen molar-refractivity contribution in [2.75, 3.05) is 0 Å². The van der Waals surface area contributed by atoms with Gasteiger partial charge >= 0.3 is 5.97 Å². The fourth-order valence-electron chi connectivity index (χ4n) is 3.88. The van der Waals surface area contributed by atoms with E-state index < -0.39 is 5.97 Å². The monoisotopic (exact) mass is 419 g/mol. The Kier molecular flexibility index (Phi) is 4.77. The van der Waals surface area contributed by atoms with Gasteiger partial charge in [0.05, 0.1) is 22.2 Å². The number of nitrogens with zero attached hydrogens (tertiary/aromatic N) is 3. The molecule has 2 heterocycles. The number of carbonyl (C=O) groups excluding carboxylic acids is 1. The first kappa shape index (κ1) is 19.3. The number of nitriles is 1. The Morgan fingerprint density at radius 2 is 1.62 bits per heavy atom. The molecular weight excluding hydrogens is 402 g/mol. The maximum Gasteiger partial charge on any atom is 0.338 e. The maximum atomic E-state index is 12.6. The molecule has 0 aliphatic carbocycles. The molecule has 0 aliphatic rings. The molecule has 5 rings (SSSR count). The number of pyridine rings is 1. The smallest absolute Gasteiger partial charge is 0.338 e. The first-order valence-corrected chi connectivity index (χ1v) is 10.0. The first-order chi connectivity index (χ1) is 15.7. The van der Waals surface area contributed by atoms with E-state index in [4.69, 9.17) is 4.74 Å². The van der Waals surface area contributed by atoms with Crippen LogP contribution in [0.2, 0.25) is 0 Å². The summed E-state index contributed by atoms with van der Waals surface area (Å²) in [7, 11) is 0. The lowest BCUT2D eigenvalue weighted by Gasteiger charge is -2.16. The predicted molar refractivity (Wildman–Crippen MR) is 120 cm³/mol. The van der Waals surface area contributed by atoms with Crippen molar-refractivity contribution < 1.29 is 14.6 Å². The number of rotatable bonds is 4. The summed E-state index contributed by atoms with van der Waals surface area (Å²) in [4.78, 5) is 17.1. The summed E-state index contributed by atoms with van der Waals surface area (Å²) in [6.45, 7) is -0.186. The lowest BCUT2D eigenvalue weighted by molar-refractivity contribution is 0.0473. The average molecular weight is 419 g/mol. The Labute approximate surface area is 183 Å². The second kappa shape index (κ2) is 7.89. The van der Waals surface area contributed by atoms with Gasteiger partial charge in [0.2, 0.25) is 5.88 Å². The lowest BCUT2D eigenvalue weighted by atomic mass is 9.97. The third-order valence-corrected chi connectivity index (χ3v) is 5.35. The van der Waals surface area contributed by atoms with Crippen LogP contribution in [0, 0.1) is 11.3 Å². The standard InChI is InChI=1S/C26H17N3O3/c27-15-19-20(16-32-26(31)18-11-5-2-6-12-18)23(17-9-3-1-4-10-17)25(30)29-22-14-8-7-13-21(22)28-24(19)29/h1-14,30H,16H2. The molecular formula is C26H17N3O3. The van der Waals surface area contributed by atoms with Gasteiger partial charge in [-0.15, -0.1) is 0 Å². The first-order valence-electron chi connectivity index (χ1n) is 10.0. The number of carbonyl (C=O) groups is 1. The quantitative estimate of drug-likeness (QED) is 0.410. The molecule has 0 saturated carbocycles. The number of aromatic nitrogens is 2. The highest BCUT2D eigenvalue weighted by Crippen LogP contribution is 2.39. The summed E-state index contributed by atoms with van der Waals surface area (Å²) in [5, 5.41) is 21.4. The highest BCUT2D eigenvalue weighted by molar-refractivity contribution is 5.90. The van der Waals surface area contributed by atoms with Gasteiger partial charge in [-0.1, -0.05) is 60.7 Å². The number of para-hydroxylation sites is 2. The fourth-order valence-corrected chi connectivity index (χ4v) is 3.88. The van der Waals surface area contributed by atoms with Crippen molar-refractivity contribution in [1.82, 2.24) is 9.38 Å². The van der Waals surface area contributed by atoms with Crippen molar-refractivity contribution in [2.45, 2.75) is 6.61 Å². The molecule has 5 aromatic rings. The Bertz CT molecular complexity index is 1500. The van der Waals surface area contributed by atoms with E-state index in [-0.39, 0.29) is 18.1 Å². The molecule has 0 radical (unpaired) electrons. The molecule has 154 valence electrons. The van der Waals surface area contributed by atoms with Crippen LogP contribution in [0.15, 0.2) is 84.9 Å². The van der Waals surface area contributed by atoms with Gasteiger partial charge in [0.1, 0.15) is 18.2 Å². The fraction of sp³-hybridized carbons (Fsp3) is 0.0385. The van der Waals surface area contributed by atoms with E-state index in [0.29, 0.717) is 38.9 Å².